The summed E-state index contributed by atoms with van der Waals surface area (Å²) >= 11 is 0. The van der Waals surface area contributed by atoms with Crippen molar-refractivity contribution in [2.75, 3.05) is 0 Å². The van der Waals surface area contributed by atoms with E-state index in [4.69, 9.17) is 0 Å². The molecular weight excluding hydrogens is 324 g/mol. The molecule has 3 rings (SSSR count). The molecule has 0 bridgehead atoms. The Balaban J connectivity index is 1.49. The van der Waals surface area contributed by atoms with E-state index in [0.717, 1.165) is 16.8 Å². The molecule has 1 heterocycles. The maximum Gasteiger partial charge on any atom is 0.220 e. The van der Waals surface area contributed by atoms with Crippen molar-refractivity contribution >= 4 is 11.7 Å². The van der Waals surface area contributed by atoms with Gasteiger partial charge in [0.15, 0.2) is 5.78 Å². The highest BCUT2D eigenvalue weighted by atomic mass is 16.2. The molecule has 1 aromatic heterocycles. The zero-order valence-corrected chi connectivity index (χ0v) is 14.4. The first-order valence-electron chi connectivity index (χ1n) is 8.57. The molecule has 0 aliphatic carbocycles. The molecule has 0 spiro atoms. The lowest BCUT2D eigenvalue weighted by atomic mass is 10.0. The van der Waals surface area contributed by atoms with Gasteiger partial charge in [0.05, 0.1) is 12.2 Å². The van der Waals surface area contributed by atoms with E-state index in [0.29, 0.717) is 12.1 Å². The molecule has 0 unspecified atom stereocenters. The van der Waals surface area contributed by atoms with Gasteiger partial charge in [0.25, 0.3) is 0 Å². The third kappa shape index (κ3) is 4.86. The quantitative estimate of drug-likeness (QED) is 0.658. The Kier molecular flexibility index (Phi) is 5.88. The summed E-state index contributed by atoms with van der Waals surface area (Å²) in [6.45, 7) is 0.375. The molecule has 0 saturated carbocycles. The predicted molar refractivity (Wildman–Crippen MR) is 102 cm³/mol. The summed E-state index contributed by atoms with van der Waals surface area (Å²) in [4.78, 5) is 28.3. The maximum atomic E-state index is 12.3. The van der Waals surface area contributed by atoms with Gasteiger partial charge in [0, 0.05) is 24.6 Å². The monoisotopic (exact) mass is 344 g/mol. The molecule has 0 fully saturated rings. The Bertz CT molecular complexity index is 860. The Morgan fingerprint density at radius 1 is 0.769 bits per heavy atom. The van der Waals surface area contributed by atoms with Crippen LogP contribution in [0.1, 0.15) is 28.9 Å². The molecule has 2 aromatic carbocycles. The van der Waals surface area contributed by atoms with Gasteiger partial charge < -0.3 is 5.32 Å². The van der Waals surface area contributed by atoms with Gasteiger partial charge in [-0.25, -0.2) is 0 Å². The van der Waals surface area contributed by atoms with E-state index in [-0.39, 0.29) is 24.5 Å². The summed E-state index contributed by atoms with van der Waals surface area (Å²) in [5.41, 5.74) is 3.60. The van der Waals surface area contributed by atoms with E-state index >= 15 is 0 Å². The van der Waals surface area contributed by atoms with E-state index in [1.165, 1.54) is 0 Å². The van der Waals surface area contributed by atoms with Crippen molar-refractivity contribution in [3.05, 3.63) is 90.3 Å². The van der Waals surface area contributed by atoms with E-state index < -0.39 is 0 Å². The second kappa shape index (κ2) is 8.72. The number of pyridine rings is 1. The molecule has 0 saturated heterocycles. The topological polar surface area (TPSA) is 59.1 Å². The minimum absolute atomic E-state index is 0.0300. The van der Waals surface area contributed by atoms with E-state index in [2.05, 4.69) is 10.3 Å². The normalized spacial score (nSPS) is 10.3. The Labute approximate surface area is 152 Å². The fourth-order valence-corrected chi connectivity index (χ4v) is 2.63. The highest BCUT2D eigenvalue weighted by Gasteiger charge is 2.10. The molecule has 3 aromatic rings. The smallest absolute Gasteiger partial charge is 0.220 e. The molecule has 130 valence electrons. The van der Waals surface area contributed by atoms with Gasteiger partial charge in [-0.15, -0.1) is 0 Å². The second-order valence-corrected chi connectivity index (χ2v) is 5.96. The lowest BCUT2D eigenvalue weighted by molar-refractivity contribution is -0.121. The van der Waals surface area contributed by atoms with Gasteiger partial charge in [0.1, 0.15) is 0 Å². The van der Waals surface area contributed by atoms with Crippen LogP contribution < -0.4 is 5.32 Å². The van der Waals surface area contributed by atoms with E-state index in [1.807, 2.05) is 72.8 Å². The molecule has 0 radical (unpaired) electrons. The molecule has 1 N–H and O–H groups in total. The van der Waals surface area contributed by atoms with Crippen molar-refractivity contribution < 1.29 is 9.59 Å². The van der Waals surface area contributed by atoms with Gasteiger partial charge in [-0.1, -0.05) is 60.7 Å². The summed E-state index contributed by atoms with van der Waals surface area (Å²) < 4.78 is 0. The summed E-state index contributed by atoms with van der Waals surface area (Å²) in [6, 6.07) is 23.0. The van der Waals surface area contributed by atoms with Crippen LogP contribution in [-0.4, -0.2) is 16.7 Å². The van der Waals surface area contributed by atoms with Crippen LogP contribution in [0.3, 0.4) is 0 Å². The van der Waals surface area contributed by atoms with Crippen LogP contribution in [-0.2, 0) is 11.3 Å². The number of ketones is 1. The third-order valence-electron chi connectivity index (χ3n) is 4.09. The van der Waals surface area contributed by atoms with Crippen molar-refractivity contribution in [3.63, 3.8) is 0 Å². The number of carbonyl (C=O) groups is 2. The highest BCUT2D eigenvalue weighted by molar-refractivity contribution is 5.98. The predicted octanol–water partition coefficient (Wildman–Crippen LogP) is 4.03. The van der Waals surface area contributed by atoms with Crippen LogP contribution in [0.2, 0.25) is 0 Å². The number of hydrogen-bond acceptors (Lipinski definition) is 3. The average Bonchev–Trinajstić information content (AvgIpc) is 2.72. The fourth-order valence-electron chi connectivity index (χ4n) is 2.63. The van der Waals surface area contributed by atoms with Crippen LogP contribution in [0.4, 0.5) is 0 Å². The van der Waals surface area contributed by atoms with Crippen molar-refractivity contribution in [1.82, 2.24) is 10.3 Å². The van der Waals surface area contributed by atoms with Crippen LogP contribution >= 0.6 is 0 Å². The minimum Gasteiger partial charge on any atom is -0.350 e. The molecule has 0 atom stereocenters. The Morgan fingerprint density at radius 2 is 1.46 bits per heavy atom. The zero-order chi connectivity index (χ0) is 18.2. The molecule has 0 aliphatic heterocycles. The first kappa shape index (κ1) is 17.5. The van der Waals surface area contributed by atoms with Crippen molar-refractivity contribution in [2.24, 2.45) is 0 Å². The number of rotatable bonds is 7. The highest BCUT2D eigenvalue weighted by Crippen LogP contribution is 2.19. The van der Waals surface area contributed by atoms with Crippen LogP contribution in [0.25, 0.3) is 11.1 Å². The number of nitrogens with one attached hydrogen (secondary N) is 1. The molecular formula is C22H20N2O2. The van der Waals surface area contributed by atoms with E-state index in [9.17, 15) is 9.59 Å². The number of Topliss-reactive ketones (excluding diaryl/α,β-unsaturated/α-hetero) is 1. The molecule has 26 heavy (non-hydrogen) atoms. The summed E-state index contributed by atoms with van der Waals surface area (Å²) in [5.74, 6) is -0.178. The van der Waals surface area contributed by atoms with Crippen LogP contribution in [0, 0.1) is 0 Å². The van der Waals surface area contributed by atoms with Gasteiger partial charge in [0.2, 0.25) is 5.91 Å². The summed E-state index contributed by atoms with van der Waals surface area (Å²) in [5, 5.41) is 2.78. The zero-order valence-electron chi connectivity index (χ0n) is 14.4. The van der Waals surface area contributed by atoms with Crippen LogP contribution in [0.5, 0.6) is 0 Å². The first-order chi connectivity index (χ1) is 12.7. The van der Waals surface area contributed by atoms with Gasteiger partial charge in [-0.05, 0) is 23.3 Å². The minimum atomic E-state index is -0.148. The summed E-state index contributed by atoms with van der Waals surface area (Å²) in [6.07, 6.45) is 2.05. The number of benzene rings is 2. The van der Waals surface area contributed by atoms with Crippen molar-refractivity contribution in [3.8, 4) is 11.1 Å². The summed E-state index contributed by atoms with van der Waals surface area (Å²) in [7, 11) is 0. The lowest BCUT2D eigenvalue weighted by Gasteiger charge is -2.06. The first-order valence-corrected chi connectivity index (χ1v) is 8.57. The molecule has 4 heteroatoms. The average molecular weight is 344 g/mol. The Morgan fingerprint density at radius 3 is 2.15 bits per heavy atom. The largest absolute Gasteiger partial charge is 0.350 e. The number of hydrogen-bond donors (Lipinski definition) is 1. The molecule has 0 aliphatic rings. The third-order valence-corrected chi connectivity index (χ3v) is 4.09. The van der Waals surface area contributed by atoms with Crippen molar-refractivity contribution in [2.45, 2.75) is 19.4 Å². The standard InChI is InChI=1S/C22H20N2O2/c25-21(13-14-22(26)24-16-20-8-4-5-15-23-20)19-11-9-18(10-12-19)17-6-2-1-3-7-17/h1-12,15H,13-14,16H2,(H,24,26). The number of aromatic nitrogens is 1. The maximum absolute atomic E-state index is 12.3. The van der Waals surface area contributed by atoms with Crippen molar-refractivity contribution in [1.29, 1.82) is 0 Å². The van der Waals surface area contributed by atoms with Crippen LogP contribution in [0.15, 0.2) is 79.0 Å². The van der Waals surface area contributed by atoms with E-state index in [1.54, 1.807) is 6.20 Å². The number of amides is 1. The lowest BCUT2D eigenvalue weighted by Crippen LogP contribution is -2.23. The van der Waals surface area contributed by atoms with Gasteiger partial charge in [-0.3, -0.25) is 14.6 Å². The number of nitrogens with zero attached hydrogens (tertiary/aromatic N) is 1. The van der Waals surface area contributed by atoms with Gasteiger partial charge >= 0.3 is 0 Å². The van der Waals surface area contributed by atoms with Gasteiger partial charge in [-0.2, -0.15) is 0 Å². The molecule has 4 nitrogen and oxygen atoms in total. The number of carbonyl (C=O) groups excluding carboxylic acids is 2. The Hall–Kier alpha value is -3.27. The second-order valence-electron chi connectivity index (χ2n) is 5.96. The molecule has 1 amide bonds. The fraction of sp³-hybridized carbons (Fsp3) is 0.136. The SMILES string of the molecule is O=C(CCC(=O)c1ccc(-c2ccccc2)cc1)NCc1ccccn1.